The topological polar surface area (TPSA) is 78.9 Å². The second-order valence-corrected chi connectivity index (χ2v) is 15.1. The minimum absolute atomic E-state index is 0.0659. The fraction of sp³-hybridized carbons (Fsp3) is 0.930. The van der Waals surface area contributed by atoms with E-state index in [1.54, 1.807) is 0 Å². The predicted octanol–water partition coefficient (Wildman–Crippen LogP) is 13.2. The normalized spacial score (nSPS) is 11.9. The molecule has 0 unspecified atom stereocenters. The van der Waals surface area contributed by atoms with Crippen molar-refractivity contribution in [2.24, 2.45) is 5.92 Å². The number of carbonyl (C=O) groups excluding carboxylic acids is 3. The number of unbranched alkanes of at least 4 members (excludes halogenated alkanes) is 25. The lowest BCUT2D eigenvalue weighted by Gasteiger charge is -2.18. The Balaban J connectivity index is 4.15. The molecule has 0 saturated carbocycles. The highest BCUT2D eigenvalue weighted by Gasteiger charge is 2.19. The number of hydrogen-bond acceptors (Lipinski definition) is 6. The first-order valence-electron chi connectivity index (χ1n) is 21.4. The Morgan fingerprint density at radius 2 is 0.673 bits per heavy atom. The maximum Gasteiger partial charge on any atom is 0.306 e. The maximum atomic E-state index is 12.5. The molecule has 0 aromatic heterocycles. The molecule has 0 aliphatic heterocycles. The van der Waals surface area contributed by atoms with Gasteiger partial charge < -0.3 is 14.2 Å². The Morgan fingerprint density at radius 1 is 0.388 bits per heavy atom. The van der Waals surface area contributed by atoms with E-state index >= 15 is 0 Å². The quantitative estimate of drug-likeness (QED) is 0.0364. The minimum Gasteiger partial charge on any atom is -0.462 e. The molecule has 0 fully saturated rings. The zero-order valence-corrected chi connectivity index (χ0v) is 33.1. The summed E-state index contributed by atoms with van der Waals surface area (Å²) in [6.45, 7) is 8.87. The van der Waals surface area contributed by atoms with Crippen LogP contribution < -0.4 is 0 Å². The lowest BCUT2D eigenvalue weighted by molar-refractivity contribution is -0.167. The number of carbonyl (C=O) groups is 3. The minimum atomic E-state index is -0.757. The molecule has 0 radical (unpaired) electrons. The number of hydrogen-bond donors (Lipinski definition) is 0. The smallest absolute Gasteiger partial charge is 0.306 e. The third-order valence-corrected chi connectivity index (χ3v) is 9.54. The van der Waals surface area contributed by atoms with Gasteiger partial charge in [-0.2, -0.15) is 0 Å². The molecule has 0 bridgehead atoms. The van der Waals surface area contributed by atoms with Gasteiger partial charge in [-0.25, -0.2) is 0 Å². The number of ether oxygens (including phenoxy) is 3. The third kappa shape index (κ3) is 37.5. The molecule has 0 rings (SSSR count). The van der Waals surface area contributed by atoms with Gasteiger partial charge in [0.25, 0.3) is 0 Å². The largest absolute Gasteiger partial charge is 0.462 e. The van der Waals surface area contributed by atoms with Crippen LogP contribution in [0.2, 0.25) is 0 Å². The summed E-state index contributed by atoms with van der Waals surface area (Å²) >= 11 is 0. The molecule has 0 N–H and O–H groups in total. The lowest BCUT2D eigenvalue weighted by atomic mass is 10.0. The van der Waals surface area contributed by atoms with Crippen molar-refractivity contribution in [1.82, 2.24) is 0 Å². The number of rotatable bonds is 38. The van der Waals surface area contributed by atoms with E-state index in [0.29, 0.717) is 19.3 Å². The first-order chi connectivity index (χ1) is 23.9. The van der Waals surface area contributed by atoms with E-state index in [2.05, 4.69) is 27.7 Å². The van der Waals surface area contributed by atoms with Crippen molar-refractivity contribution in [3.8, 4) is 0 Å². The summed E-state index contributed by atoms with van der Waals surface area (Å²) in [5.41, 5.74) is 0. The van der Waals surface area contributed by atoms with Crippen molar-refractivity contribution in [3.63, 3.8) is 0 Å². The van der Waals surface area contributed by atoms with Crippen molar-refractivity contribution in [1.29, 1.82) is 0 Å². The van der Waals surface area contributed by atoms with E-state index in [1.165, 1.54) is 122 Å². The summed E-state index contributed by atoms with van der Waals surface area (Å²) in [5, 5.41) is 0. The first-order valence-corrected chi connectivity index (χ1v) is 21.4. The van der Waals surface area contributed by atoms with Gasteiger partial charge in [0.2, 0.25) is 0 Å². The van der Waals surface area contributed by atoms with Crippen LogP contribution >= 0.6 is 0 Å². The van der Waals surface area contributed by atoms with Crippen molar-refractivity contribution >= 4 is 17.9 Å². The van der Waals surface area contributed by atoms with E-state index in [1.807, 2.05) is 0 Å². The molecule has 0 heterocycles. The molecule has 0 aromatic rings. The highest BCUT2D eigenvalue weighted by molar-refractivity contribution is 5.71. The van der Waals surface area contributed by atoms with Gasteiger partial charge in [0.1, 0.15) is 13.2 Å². The summed E-state index contributed by atoms with van der Waals surface area (Å²) in [7, 11) is 0. The van der Waals surface area contributed by atoms with Crippen LogP contribution in [0.3, 0.4) is 0 Å². The van der Waals surface area contributed by atoms with E-state index in [-0.39, 0.29) is 31.1 Å². The third-order valence-electron chi connectivity index (χ3n) is 9.54. The summed E-state index contributed by atoms with van der Waals surface area (Å²) in [5.74, 6) is -0.0776. The average molecular weight is 695 g/mol. The fourth-order valence-corrected chi connectivity index (χ4v) is 6.27. The summed E-state index contributed by atoms with van der Waals surface area (Å²) in [6.07, 6.45) is 35.5. The Hall–Kier alpha value is -1.59. The molecule has 0 aliphatic rings. The highest BCUT2D eigenvalue weighted by atomic mass is 16.6. The molecule has 0 spiro atoms. The van der Waals surface area contributed by atoms with Gasteiger partial charge in [0, 0.05) is 19.3 Å². The van der Waals surface area contributed by atoms with E-state index in [0.717, 1.165) is 70.1 Å². The van der Waals surface area contributed by atoms with Gasteiger partial charge in [-0.15, -0.1) is 0 Å². The average Bonchev–Trinajstić information content (AvgIpc) is 3.08. The molecule has 6 heteroatoms. The van der Waals surface area contributed by atoms with Crippen molar-refractivity contribution < 1.29 is 28.6 Å². The zero-order valence-electron chi connectivity index (χ0n) is 33.1. The van der Waals surface area contributed by atoms with E-state index in [9.17, 15) is 14.4 Å². The van der Waals surface area contributed by atoms with Gasteiger partial charge >= 0.3 is 17.9 Å². The SMILES string of the molecule is CCCCCCCCCCCCCCCCCC(=O)OC[C@@H](COC(=O)CCCCCCCCCCC(C)C)OC(=O)CCCCCCC. The zero-order chi connectivity index (χ0) is 36.0. The highest BCUT2D eigenvalue weighted by Crippen LogP contribution is 2.16. The molecule has 0 saturated heterocycles. The standard InChI is InChI=1S/C43H82O6/c1-5-7-9-11-12-13-14-15-16-17-18-19-23-27-30-34-41(44)47-37-40(49-43(46)36-32-25-10-8-6-2)38-48-42(45)35-31-28-24-21-20-22-26-29-33-39(3)4/h39-40H,5-38H2,1-4H3/t40-/m0/s1. The second-order valence-electron chi connectivity index (χ2n) is 15.1. The Labute approximate surface area is 304 Å². The van der Waals surface area contributed by atoms with E-state index < -0.39 is 6.10 Å². The molecule has 49 heavy (non-hydrogen) atoms. The predicted molar refractivity (Wildman–Crippen MR) is 206 cm³/mol. The van der Waals surface area contributed by atoms with Gasteiger partial charge in [0.15, 0.2) is 6.10 Å². The van der Waals surface area contributed by atoms with Crippen LogP contribution in [-0.2, 0) is 28.6 Å². The fourth-order valence-electron chi connectivity index (χ4n) is 6.27. The Bertz CT molecular complexity index is 736. The van der Waals surface area contributed by atoms with Crippen LogP contribution in [0.15, 0.2) is 0 Å². The van der Waals surface area contributed by atoms with Crippen LogP contribution in [-0.4, -0.2) is 37.2 Å². The van der Waals surface area contributed by atoms with Crippen LogP contribution in [0, 0.1) is 5.92 Å². The summed E-state index contributed by atoms with van der Waals surface area (Å²) in [4.78, 5) is 37.3. The second kappa shape index (κ2) is 37.7. The molecular weight excluding hydrogens is 612 g/mol. The van der Waals surface area contributed by atoms with Gasteiger partial charge in [-0.3, -0.25) is 14.4 Å². The van der Waals surface area contributed by atoms with Gasteiger partial charge in [-0.1, -0.05) is 195 Å². The molecule has 6 nitrogen and oxygen atoms in total. The lowest BCUT2D eigenvalue weighted by Crippen LogP contribution is -2.30. The molecule has 290 valence electrons. The molecule has 0 amide bonds. The van der Waals surface area contributed by atoms with Gasteiger partial charge in [0.05, 0.1) is 0 Å². The van der Waals surface area contributed by atoms with Gasteiger partial charge in [-0.05, 0) is 25.2 Å². The maximum absolute atomic E-state index is 12.5. The van der Waals surface area contributed by atoms with Crippen LogP contribution in [0.25, 0.3) is 0 Å². The molecule has 1 atom stereocenters. The van der Waals surface area contributed by atoms with Crippen molar-refractivity contribution in [2.75, 3.05) is 13.2 Å². The Morgan fingerprint density at radius 3 is 1.00 bits per heavy atom. The van der Waals surface area contributed by atoms with E-state index in [4.69, 9.17) is 14.2 Å². The number of esters is 3. The Kier molecular flexibility index (Phi) is 36.4. The molecular formula is C43H82O6. The molecule has 0 aliphatic carbocycles. The molecule has 0 aromatic carbocycles. The van der Waals surface area contributed by atoms with Crippen LogP contribution in [0.4, 0.5) is 0 Å². The first kappa shape index (κ1) is 47.4. The van der Waals surface area contributed by atoms with Crippen molar-refractivity contribution in [2.45, 2.75) is 239 Å². The van der Waals surface area contributed by atoms with Crippen LogP contribution in [0.1, 0.15) is 233 Å². The van der Waals surface area contributed by atoms with Crippen LogP contribution in [0.5, 0.6) is 0 Å². The summed E-state index contributed by atoms with van der Waals surface area (Å²) in [6, 6.07) is 0. The monoisotopic (exact) mass is 695 g/mol. The summed E-state index contributed by atoms with van der Waals surface area (Å²) < 4.78 is 16.6. The van der Waals surface area contributed by atoms with Crippen molar-refractivity contribution in [3.05, 3.63) is 0 Å².